The third-order valence-corrected chi connectivity index (χ3v) is 5.48. The van der Waals surface area contributed by atoms with Gasteiger partial charge < -0.3 is 24.8 Å². The molecule has 6 heteroatoms. The lowest BCUT2D eigenvalue weighted by Crippen LogP contribution is -2.66. The summed E-state index contributed by atoms with van der Waals surface area (Å²) in [6.45, 7) is 5.19. The molecule has 3 fully saturated rings. The summed E-state index contributed by atoms with van der Waals surface area (Å²) in [4.78, 5) is 4.64. The van der Waals surface area contributed by atoms with Gasteiger partial charge >= 0.3 is 0 Å². The Morgan fingerprint density at radius 3 is 2.67 bits per heavy atom. The van der Waals surface area contributed by atoms with Crippen LogP contribution in [0.5, 0.6) is 0 Å². The highest BCUT2D eigenvalue weighted by Gasteiger charge is 2.52. The van der Waals surface area contributed by atoms with E-state index in [0.717, 1.165) is 32.7 Å². The first-order valence-corrected chi connectivity index (χ1v) is 8.87. The minimum Gasteiger partial charge on any atom is -0.390 e. The highest BCUT2D eigenvalue weighted by molar-refractivity contribution is 5.15. The Labute approximate surface area is 143 Å². The number of hydrogen-bond acceptors (Lipinski definition) is 6. The Hall–Kier alpha value is -1.02. The Kier molecular flexibility index (Phi) is 4.85. The summed E-state index contributed by atoms with van der Waals surface area (Å²) in [7, 11) is 2.14. The molecule has 0 amide bonds. The second-order valence-electron chi connectivity index (χ2n) is 7.09. The SMILES string of the molecule is CN1CCN([C@@H]2[C@@H]3OC[C@H](O3)[C@@H](NCc3ccccc3)[C@@H]2O)CC1. The highest BCUT2D eigenvalue weighted by atomic mass is 16.7. The molecule has 1 aromatic carbocycles. The molecule has 0 radical (unpaired) electrons. The number of aliphatic hydroxyl groups is 1. The first kappa shape index (κ1) is 16.4. The van der Waals surface area contributed by atoms with Gasteiger partial charge in [0.25, 0.3) is 0 Å². The lowest BCUT2D eigenvalue weighted by molar-refractivity contribution is -0.186. The summed E-state index contributed by atoms with van der Waals surface area (Å²) >= 11 is 0. The summed E-state index contributed by atoms with van der Waals surface area (Å²) < 4.78 is 11.9. The highest BCUT2D eigenvalue weighted by Crippen LogP contribution is 2.32. The molecule has 1 aromatic rings. The van der Waals surface area contributed by atoms with Crippen molar-refractivity contribution in [1.82, 2.24) is 15.1 Å². The molecule has 5 atom stereocenters. The van der Waals surface area contributed by atoms with Crippen LogP contribution in [0.1, 0.15) is 5.56 Å². The number of likely N-dealkylation sites (N-methyl/N-ethyl adjacent to an activating group) is 1. The number of nitrogens with zero attached hydrogens (tertiary/aromatic N) is 2. The molecule has 24 heavy (non-hydrogen) atoms. The fourth-order valence-electron chi connectivity index (χ4n) is 3.99. The van der Waals surface area contributed by atoms with E-state index in [2.05, 4.69) is 34.3 Å². The van der Waals surface area contributed by atoms with Gasteiger partial charge in [0.15, 0.2) is 6.29 Å². The predicted molar refractivity (Wildman–Crippen MR) is 90.5 cm³/mol. The summed E-state index contributed by atoms with van der Waals surface area (Å²) in [5.41, 5.74) is 1.21. The number of fused-ring (bicyclic) bond motifs is 2. The summed E-state index contributed by atoms with van der Waals surface area (Å²) in [5.74, 6) is 0. The number of nitrogens with one attached hydrogen (secondary N) is 1. The van der Waals surface area contributed by atoms with Crippen LogP contribution in [0.2, 0.25) is 0 Å². The molecular formula is C18H27N3O3. The van der Waals surface area contributed by atoms with Gasteiger partial charge in [-0.1, -0.05) is 30.3 Å². The molecule has 0 aromatic heterocycles. The van der Waals surface area contributed by atoms with Crippen LogP contribution in [-0.2, 0) is 16.0 Å². The third kappa shape index (κ3) is 3.22. The summed E-state index contributed by atoms with van der Waals surface area (Å²) in [6.07, 6.45) is -0.857. The topological polar surface area (TPSA) is 57.2 Å². The van der Waals surface area contributed by atoms with Gasteiger partial charge in [-0.15, -0.1) is 0 Å². The van der Waals surface area contributed by atoms with Gasteiger partial charge in [0, 0.05) is 32.7 Å². The number of piperazine rings is 1. The fourth-order valence-corrected chi connectivity index (χ4v) is 3.99. The van der Waals surface area contributed by atoms with E-state index in [-0.39, 0.29) is 24.5 Å². The standard InChI is InChI=1S/C18H27N3O3/c1-20-7-9-21(10-8-20)16-17(22)15(14-12-23-18(16)24-14)19-11-13-5-3-2-4-6-13/h2-6,14-19,22H,7-12H2,1H3/t14-,15+,16-,17-,18+/m0/s1. The minimum absolute atomic E-state index is 0.0718. The van der Waals surface area contributed by atoms with Gasteiger partial charge in [0.2, 0.25) is 0 Å². The molecule has 0 unspecified atom stereocenters. The van der Waals surface area contributed by atoms with E-state index in [1.165, 1.54) is 5.56 Å². The summed E-state index contributed by atoms with van der Waals surface area (Å²) in [5, 5.41) is 14.5. The van der Waals surface area contributed by atoms with E-state index in [0.29, 0.717) is 6.61 Å². The molecule has 0 spiro atoms. The van der Waals surface area contributed by atoms with Crippen molar-refractivity contribution in [2.45, 2.75) is 37.1 Å². The molecule has 2 N–H and O–H groups in total. The molecule has 2 bridgehead atoms. The van der Waals surface area contributed by atoms with Crippen LogP contribution in [0.3, 0.4) is 0 Å². The molecule has 0 saturated carbocycles. The van der Waals surface area contributed by atoms with Crippen LogP contribution < -0.4 is 5.32 Å². The van der Waals surface area contributed by atoms with E-state index in [4.69, 9.17) is 9.47 Å². The van der Waals surface area contributed by atoms with Gasteiger partial charge in [0.05, 0.1) is 24.8 Å². The molecule has 4 rings (SSSR count). The van der Waals surface area contributed by atoms with Crippen molar-refractivity contribution in [2.24, 2.45) is 0 Å². The zero-order valence-corrected chi connectivity index (χ0v) is 14.2. The van der Waals surface area contributed by atoms with E-state index in [9.17, 15) is 5.11 Å². The molecular weight excluding hydrogens is 306 g/mol. The lowest BCUT2D eigenvalue weighted by Gasteiger charge is -2.46. The Morgan fingerprint density at radius 2 is 1.92 bits per heavy atom. The van der Waals surface area contributed by atoms with Crippen LogP contribution in [0.4, 0.5) is 0 Å². The van der Waals surface area contributed by atoms with Crippen molar-refractivity contribution in [1.29, 1.82) is 0 Å². The average molecular weight is 333 g/mol. The van der Waals surface area contributed by atoms with Crippen LogP contribution in [0.15, 0.2) is 30.3 Å². The van der Waals surface area contributed by atoms with Gasteiger partial charge in [-0.05, 0) is 12.6 Å². The van der Waals surface area contributed by atoms with Gasteiger partial charge in [0.1, 0.15) is 6.10 Å². The van der Waals surface area contributed by atoms with Gasteiger partial charge in [-0.25, -0.2) is 0 Å². The zero-order chi connectivity index (χ0) is 16.5. The molecule has 3 aliphatic rings. The van der Waals surface area contributed by atoms with Crippen molar-refractivity contribution in [3.05, 3.63) is 35.9 Å². The van der Waals surface area contributed by atoms with E-state index in [1.54, 1.807) is 0 Å². The molecule has 3 saturated heterocycles. The zero-order valence-electron chi connectivity index (χ0n) is 14.2. The second-order valence-corrected chi connectivity index (χ2v) is 7.09. The Bertz CT molecular complexity index is 536. The maximum absolute atomic E-state index is 11.0. The maximum atomic E-state index is 11.0. The molecule has 3 aliphatic heterocycles. The Balaban J connectivity index is 1.44. The molecule has 132 valence electrons. The number of ether oxygens (including phenoxy) is 2. The lowest BCUT2D eigenvalue weighted by atomic mass is 9.94. The smallest absolute Gasteiger partial charge is 0.176 e. The number of aliphatic hydroxyl groups excluding tert-OH is 1. The molecule has 0 aliphatic carbocycles. The van der Waals surface area contributed by atoms with E-state index >= 15 is 0 Å². The normalized spacial score (nSPS) is 37.7. The van der Waals surface area contributed by atoms with Gasteiger partial charge in [-0.2, -0.15) is 0 Å². The monoisotopic (exact) mass is 333 g/mol. The fraction of sp³-hybridized carbons (Fsp3) is 0.667. The van der Waals surface area contributed by atoms with Crippen LogP contribution in [0.25, 0.3) is 0 Å². The van der Waals surface area contributed by atoms with Gasteiger partial charge in [-0.3, -0.25) is 4.90 Å². The number of hydrogen-bond donors (Lipinski definition) is 2. The number of benzene rings is 1. The summed E-state index contributed by atoms with van der Waals surface area (Å²) in [6, 6.07) is 10.1. The largest absolute Gasteiger partial charge is 0.390 e. The van der Waals surface area contributed by atoms with E-state index in [1.807, 2.05) is 18.2 Å². The maximum Gasteiger partial charge on any atom is 0.176 e. The first-order chi connectivity index (χ1) is 11.7. The Morgan fingerprint density at radius 1 is 1.17 bits per heavy atom. The molecule has 6 nitrogen and oxygen atoms in total. The second kappa shape index (κ2) is 7.07. The van der Waals surface area contributed by atoms with Crippen LogP contribution >= 0.6 is 0 Å². The van der Waals surface area contributed by atoms with Crippen molar-refractivity contribution in [2.75, 3.05) is 39.8 Å². The van der Waals surface area contributed by atoms with Crippen molar-refractivity contribution in [3.63, 3.8) is 0 Å². The number of rotatable bonds is 4. The first-order valence-electron chi connectivity index (χ1n) is 8.87. The van der Waals surface area contributed by atoms with Crippen LogP contribution in [0, 0.1) is 0 Å². The predicted octanol–water partition coefficient (Wildman–Crippen LogP) is -0.123. The minimum atomic E-state index is -0.483. The third-order valence-electron chi connectivity index (χ3n) is 5.48. The quantitative estimate of drug-likeness (QED) is 0.801. The average Bonchev–Trinajstić information content (AvgIpc) is 3.02. The van der Waals surface area contributed by atoms with Crippen LogP contribution in [-0.4, -0.2) is 85.3 Å². The van der Waals surface area contributed by atoms with E-state index < -0.39 is 6.10 Å². The van der Waals surface area contributed by atoms with Crippen molar-refractivity contribution in [3.8, 4) is 0 Å². The van der Waals surface area contributed by atoms with Crippen molar-refractivity contribution < 1.29 is 14.6 Å². The molecule has 3 heterocycles. The van der Waals surface area contributed by atoms with Crippen molar-refractivity contribution >= 4 is 0 Å².